The molecule has 4 heteroatoms. The molecule has 0 aromatic heterocycles. The highest BCUT2D eigenvalue weighted by Gasteiger charge is 2.27. The van der Waals surface area contributed by atoms with Gasteiger partial charge in [0.2, 0.25) is 11.8 Å². The Balaban J connectivity index is 2.22. The predicted octanol–water partition coefficient (Wildman–Crippen LogP) is 3.44. The lowest BCUT2D eigenvalue weighted by Gasteiger charge is -2.30. The first-order valence-electron chi connectivity index (χ1n) is 9.57. The Morgan fingerprint density at radius 3 is 2.41 bits per heavy atom. The first kappa shape index (κ1) is 20.7. The molecule has 2 rings (SSSR count). The van der Waals surface area contributed by atoms with Gasteiger partial charge in [-0.15, -0.1) is 0 Å². The van der Waals surface area contributed by atoms with Crippen molar-refractivity contribution in [3.8, 4) is 0 Å². The first-order chi connectivity index (χ1) is 13.0. The number of likely N-dealkylation sites (N-methyl/N-ethyl adjacent to an activating group) is 1. The summed E-state index contributed by atoms with van der Waals surface area (Å²) in [5, 5.41) is 2.70. The van der Waals surface area contributed by atoms with E-state index in [9.17, 15) is 9.59 Å². The van der Waals surface area contributed by atoms with Gasteiger partial charge in [-0.3, -0.25) is 9.59 Å². The molecule has 0 aliphatic rings. The van der Waals surface area contributed by atoms with Gasteiger partial charge in [0.05, 0.1) is 6.42 Å². The van der Waals surface area contributed by atoms with Crippen LogP contribution in [0.3, 0.4) is 0 Å². The zero-order valence-corrected chi connectivity index (χ0v) is 16.8. The molecule has 2 aromatic carbocycles. The van der Waals surface area contributed by atoms with Crippen molar-refractivity contribution in [2.24, 2.45) is 0 Å². The standard InChI is InChI=1S/C23H30N2O2/c1-5-21(23(27)24-4)25(14-13-19-9-7-6-8-10-19)22(26)16-20-15-17(2)11-12-18(20)3/h6-12,15,21H,5,13-14,16H2,1-4H3,(H,24,27)/t21-/m1/s1. The van der Waals surface area contributed by atoms with Crippen LogP contribution in [0, 0.1) is 13.8 Å². The normalized spacial score (nSPS) is 11.7. The maximum atomic E-state index is 13.2. The minimum Gasteiger partial charge on any atom is -0.357 e. The summed E-state index contributed by atoms with van der Waals surface area (Å²) >= 11 is 0. The van der Waals surface area contributed by atoms with E-state index in [2.05, 4.69) is 17.4 Å². The molecular weight excluding hydrogens is 336 g/mol. The van der Waals surface area contributed by atoms with Crippen LogP contribution in [0.2, 0.25) is 0 Å². The van der Waals surface area contributed by atoms with Crippen molar-refractivity contribution in [1.29, 1.82) is 0 Å². The van der Waals surface area contributed by atoms with Crippen LogP contribution in [0.15, 0.2) is 48.5 Å². The van der Waals surface area contributed by atoms with E-state index in [1.807, 2.05) is 57.2 Å². The van der Waals surface area contributed by atoms with Crippen molar-refractivity contribution in [1.82, 2.24) is 10.2 Å². The Morgan fingerprint density at radius 2 is 1.78 bits per heavy atom. The van der Waals surface area contributed by atoms with Crippen molar-refractivity contribution < 1.29 is 9.59 Å². The number of nitrogens with zero attached hydrogens (tertiary/aromatic N) is 1. The van der Waals surface area contributed by atoms with Crippen molar-refractivity contribution in [3.63, 3.8) is 0 Å². The molecule has 0 heterocycles. The summed E-state index contributed by atoms with van der Waals surface area (Å²) < 4.78 is 0. The van der Waals surface area contributed by atoms with Crippen molar-refractivity contribution >= 4 is 11.8 Å². The van der Waals surface area contributed by atoms with E-state index in [0.717, 1.165) is 28.7 Å². The summed E-state index contributed by atoms with van der Waals surface area (Å²) in [6.45, 7) is 6.52. The van der Waals surface area contributed by atoms with Crippen molar-refractivity contribution in [2.45, 2.75) is 46.1 Å². The fourth-order valence-electron chi connectivity index (χ4n) is 3.32. The average molecular weight is 367 g/mol. The number of benzene rings is 2. The lowest BCUT2D eigenvalue weighted by molar-refractivity contribution is -0.140. The van der Waals surface area contributed by atoms with Crippen LogP contribution in [-0.2, 0) is 22.4 Å². The summed E-state index contributed by atoms with van der Waals surface area (Å²) in [6, 6.07) is 15.8. The van der Waals surface area contributed by atoms with E-state index in [1.54, 1.807) is 11.9 Å². The van der Waals surface area contributed by atoms with Crippen LogP contribution in [0.1, 0.15) is 35.6 Å². The van der Waals surface area contributed by atoms with Crippen LogP contribution in [0.25, 0.3) is 0 Å². The molecule has 0 bridgehead atoms. The van der Waals surface area contributed by atoms with E-state index in [4.69, 9.17) is 0 Å². The van der Waals surface area contributed by atoms with E-state index in [-0.39, 0.29) is 11.8 Å². The molecule has 0 aliphatic carbocycles. The molecule has 4 nitrogen and oxygen atoms in total. The van der Waals surface area contributed by atoms with Gasteiger partial charge in [-0.25, -0.2) is 0 Å². The number of hydrogen-bond donors (Lipinski definition) is 1. The molecule has 0 saturated heterocycles. The van der Waals surface area contributed by atoms with E-state index < -0.39 is 6.04 Å². The number of rotatable bonds is 8. The number of carbonyl (C=O) groups excluding carboxylic acids is 2. The Bertz CT molecular complexity index is 771. The molecule has 0 radical (unpaired) electrons. The number of carbonyl (C=O) groups is 2. The highest BCUT2D eigenvalue weighted by Crippen LogP contribution is 2.15. The third-order valence-electron chi connectivity index (χ3n) is 4.96. The molecule has 0 spiro atoms. The monoisotopic (exact) mass is 366 g/mol. The smallest absolute Gasteiger partial charge is 0.242 e. The number of nitrogens with one attached hydrogen (secondary N) is 1. The molecule has 1 N–H and O–H groups in total. The van der Waals surface area contributed by atoms with E-state index in [1.165, 1.54) is 0 Å². The largest absolute Gasteiger partial charge is 0.357 e. The Labute approximate surface area is 162 Å². The Morgan fingerprint density at radius 1 is 1.07 bits per heavy atom. The SMILES string of the molecule is CC[C@H](C(=O)NC)N(CCc1ccccc1)C(=O)Cc1cc(C)ccc1C. The molecular formula is C23H30N2O2. The Kier molecular flexibility index (Phi) is 7.59. The lowest BCUT2D eigenvalue weighted by atomic mass is 10.0. The van der Waals surface area contributed by atoms with Crippen LogP contribution in [0.5, 0.6) is 0 Å². The fraction of sp³-hybridized carbons (Fsp3) is 0.391. The minimum atomic E-state index is -0.448. The second-order valence-electron chi connectivity index (χ2n) is 6.97. The molecule has 0 saturated carbocycles. The van der Waals surface area contributed by atoms with E-state index in [0.29, 0.717) is 19.4 Å². The van der Waals surface area contributed by atoms with Gasteiger partial charge in [0.1, 0.15) is 6.04 Å². The van der Waals surface area contributed by atoms with Crippen molar-refractivity contribution in [2.75, 3.05) is 13.6 Å². The first-order valence-corrected chi connectivity index (χ1v) is 9.57. The molecule has 144 valence electrons. The molecule has 0 aliphatic heterocycles. The fourth-order valence-corrected chi connectivity index (χ4v) is 3.32. The van der Waals surface area contributed by atoms with Crippen LogP contribution in [0.4, 0.5) is 0 Å². The summed E-state index contributed by atoms with van der Waals surface area (Å²) in [6.07, 6.45) is 1.63. The number of hydrogen-bond acceptors (Lipinski definition) is 2. The zero-order valence-electron chi connectivity index (χ0n) is 16.8. The van der Waals surface area contributed by atoms with Gasteiger partial charge in [-0.05, 0) is 43.4 Å². The quantitative estimate of drug-likeness (QED) is 0.778. The predicted molar refractivity (Wildman–Crippen MR) is 110 cm³/mol. The summed E-state index contributed by atoms with van der Waals surface area (Å²) in [7, 11) is 1.62. The highest BCUT2D eigenvalue weighted by molar-refractivity contribution is 5.88. The minimum absolute atomic E-state index is 0.00455. The van der Waals surface area contributed by atoms with Gasteiger partial charge in [0, 0.05) is 13.6 Å². The molecule has 2 aromatic rings. The maximum Gasteiger partial charge on any atom is 0.242 e. The average Bonchev–Trinajstić information content (AvgIpc) is 2.68. The van der Waals surface area contributed by atoms with Gasteiger partial charge < -0.3 is 10.2 Å². The van der Waals surface area contributed by atoms with Crippen LogP contribution in [-0.4, -0.2) is 36.3 Å². The van der Waals surface area contributed by atoms with Gasteiger partial charge in [0.25, 0.3) is 0 Å². The number of aryl methyl sites for hydroxylation is 2. The van der Waals surface area contributed by atoms with Gasteiger partial charge >= 0.3 is 0 Å². The summed E-state index contributed by atoms with van der Waals surface area (Å²) in [5.41, 5.74) is 4.42. The topological polar surface area (TPSA) is 49.4 Å². The summed E-state index contributed by atoms with van der Waals surface area (Å²) in [4.78, 5) is 27.3. The second-order valence-corrected chi connectivity index (χ2v) is 6.97. The van der Waals surface area contributed by atoms with Gasteiger partial charge in [-0.2, -0.15) is 0 Å². The van der Waals surface area contributed by atoms with E-state index >= 15 is 0 Å². The second kappa shape index (κ2) is 9.91. The molecule has 1 atom stereocenters. The third kappa shape index (κ3) is 5.68. The molecule has 0 unspecified atom stereocenters. The van der Waals surface area contributed by atoms with Crippen molar-refractivity contribution in [3.05, 3.63) is 70.8 Å². The molecule has 27 heavy (non-hydrogen) atoms. The summed E-state index contributed by atoms with van der Waals surface area (Å²) in [5.74, 6) is -0.116. The lowest BCUT2D eigenvalue weighted by Crippen LogP contribution is -2.49. The maximum absolute atomic E-state index is 13.2. The third-order valence-corrected chi connectivity index (χ3v) is 4.96. The zero-order chi connectivity index (χ0) is 19.8. The Hall–Kier alpha value is -2.62. The van der Waals surface area contributed by atoms with Crippen LogP contribution >= 0.6 is 0 Å². The van der Waals surface area contributed by atoms with Crippen LogP contribution < -0.4 is 5.32 Å². The number of amides is 2. The van der Waals surface area contributed by atoms with Gasteiger partial charge in [0.15, 0.2) is 0 Å². The molecule has 0 fully saturated rings. The molecule has 2 amide bonds. The van der Waals surface area contributed by atoms with Gasteiger partial charge in [-0.1, -0.05) is 61.0 Å². The highest BCUT2D eigenvalue weighted by atomic mass is 16.2.